The summed E-state index contributed by atoms with van der Waals surface area (Å²) in [5.41, 5.74) is 0. The molecular formula is C7H10O5. The molecule has 2 rings (SSSR count). The van der Waals surface area contributed by atoms with E-state index in [1.165, 1.54) is 0 Å². The van der Waals surface area contributed by atoms with Crippen LogP contribution in [-0.2, 0) is 14.3 Å². The van der Waals surface area contributed by atoms with Crippen LogP contribution in [0.3, 0.4) is 0 Å². The number of aliphatic hydroxyl groups is 2. The topological polar surface area (TPSA) is 76.0 Å². The lowest BCUT2D eigenvalue weighted by atomic mass is 10.1. The highest BCUT2D eigenvalue weighted by Crippen LogP contribution is 2.31. The van der Waals surface area contributed by atoms with Crippen molar-refractivity contribution < 1.29 is 24.5 Å². The monoisotopic (exact) mass is 174 g/mol. The molecule has 2 saturated heterocycles. The van der Waals surface area contributed by atoms with Gasteiger partial charge in [0.1, 0.15) is 12.2 Å². The number of hydrogen-bond acceptors (Lipinski definition) is 5. The summed E-state index contributed by atoms with van der Waals surface area (Å²) in [6.07, 6.45) is -3.83. The van der Waals surface area contributed by atoms with Crippen molar-refractivity contribution in [2.45, 2.75) is 37.4 Å². The van der Waals surface area contributed by atoms with Crippen molar-refractivity contribution in [3.8, 4) is 0 Å². The van der Waals surface area contributed by atoms with Gasteiger partial charge in [0.25, 0.3) is 0 Å². The van der Waals surface area contributed by atoms with Gasteiger partial charge in [0, 0.05) is 0 Å². The lowest BCUT2D eigenvalue weighted by molar-refractivity contribution is -0.152. The van der Waals surface area contributed by atoms with Gasteiger partial charge in [-0.2, -0.15) is 0 Å². The van der Waals surface area contributed by atoms with Gasteiger partial charge >= 0.3 is 5.97 Å². The van der Waals surface area contributed by atoms with E-state index < -0.39 is 30.4 Å². The van der Waals surface area contributed by atoms with Gasteiger partial charge in [-0.05, 0) is 6.92 Å². The van der Waals surface area contributed by atoms with Gasteiger partial charge in [0.05, 0.1) is 6.10 Å². The minimum absolute atomic E-state index is 0.386. The maximum Gasteiger partial charge on any atom is 0.338 e. The summed E-state index contributed by atoms with van der Waals surface area (Å²) in [6, 6.07) is 0. The fourth-order valence-corrected chi connectivity index (χ4v) is 1.60. The molecular weight excluding hydrogens is 164 g/mol. The largest absolute Gasteiger partial charge is 0.455 e. The zero-order valence-electron chi connectivity index (χ0n) is 6.51. The number of esters is 1. The molecule has 2 N–H and O–H groups in total. The van der Waals surface area contributed by atoms with Crippen molar-refractivity contribution in [2.75, 3.05) is 0 Å². The van der Waals surface area contributed by atoms with E-state index in [0.717, 1.165) is 0 Å². The summed E-state index contributed by atoms with van der Waals surface area (Å²) in [4.78, 5) is 10.8. The maximum absolute atomic E-state index is 10.8. The molecule has 0 aliphatic carbocycles. The average Bonchev–Trinajstić information content (AvgIpc) is 2.43. The number of aliphatic hydroxyl groups excluding tert-OH is 2. The third-order valence-corrected chi connectivity index (χ3v) is 2.32. The van der Waals surface area contributed by atoms with Gasteiger partial charge < -0.3 is 19.7 Å². The fourth-order valence-electron chi connectivity index (χ4n) is 1.60. The molecule has 2 fully saturated rings. The predicted molar refractivity (Wildman–Crippen MR) is 36.2 cm³/mol. The van der Waals surface area contributed by atoms with Crippen LogP contribution < -0.4 is 0 Å². The summed E-state index contributed by atoms with van der Waals surface area (Å²) in [5, 5.41) is 18.6. The number of hydrogen-bond donors (Lipinski definition) is 2. The molecule has 2 aliphatic heterocycles. The fraction of sp³-hybridized carbons (Fsp3) is 0.857. The normalized spacial score (nSPS) is 52.2. The van der Waals surface area contributed by atoms with E-state index in [-0.39, 0.29) is 6.10 Å². The SMILES string of the molecule is CC1OC2C(OC(=O)[C@@H]2O)[C@H]1O. The van der Waals surface area contributed by atoms with E-state index in [0.29, 0.717) is 0 Å². The molecule has 0 aromatic heterocycles. The zero-order valence-corrected chi connectivity index (χ0v) is 6.51. The van der Waals surface area contributed by atoms with E-state index >= 15 is 0 Å². The van der Waals surface area contributed by atoms with Gasteiger partial charge in [-0.15, -0.1) is 0 Å². The van der Waals surface area contributed by atoms with E-state index in [2.05, 4.69) is 0 Å². The average molecular weight is 174 g/mol. The summed E-state index contributed by atoms with van der Waals surface area (Å²) < 4.78 is 9.85. The molecule has 0 aromatic rings. The van der Waals surface area contributed by atoms with Crippen molar-refractivity contribution in [1.29, 1.82) is 0 Å². The smallest absolute Gasteiger partial charge is 0.338 e. The highest BCUT2D eigenvalue weighted by Gasteiger charge is 2.55. The molecule has 2 aliphatic rings. The van der Waals surface area contributed by atoms with Gasteiger partial charge in [-0.25, -0.2) is 4.79 Å². The third kappa shape index (κ3) is 0.872. The van der Waals surface area contributed by atoms with E-state index in [1.807, 2.05) is 0 Å². The van der Waals surface area contributed by atoms with E-state index in [9.17, 15) is 15.0 Å². The van der Waals surface area contributed by atoms with Crippen molar-refractivity contribution in [1.82, 2.24) is 0 Å². The standard InChI is InChI=1S/C7H10O5/c1-2-3(8)5-6(11-2)4(9)7(10)12-5/h2-6,8-9H,1H3/t2?,3-,4+,5?,6?/m0/s1. The first-order chi connectivity index (χ1) is 5.61. The number of fused-ring (bicyclic) bond motifs is 1. The number of carbonyl (C=O) groups is 1. The second kappa shape index (κ2) is 2.42. The highest BCUT2D eigenvalue weighted by atomic mass is 16.6. The molecule has 0 spiro atoms. The second-order valence-corrected chi connectivity index (χ2v) is 3.14. The minimum Gasteiger partial charge on any atom is -0.455 e. The van der Waals surface area contributed by atoms with Crippen LogP contribution in [0.15, 0.2) is 0 Å². The molecule has 3 unspecified atom stereocenters. The molecule has 0 aromatic carbocycles. The first-order valence-electron chi connectivity index (χ1n) is 3.83. The maximum atomic E-state index is 10.8. The molecule has 5 atom stereocenters. The Balaban J connectivity index is 2.19. The predicted octanol–water partition coefficient (Wildman–Crippen LogP) is -1.58. The van der Waals surface area contributed by atoms with Crippen molar-refractivity contribution >= 4 is 5.97 Å². The quantitative estimate of drug-likeness (QED) is 0.433. The summed E-state index contributed by atoms with van der Waals surface area (Å²) in [6.45, 7) is 1.67. The van der Waals surface area contributed by atoms with Gasteiger partial charge in [-0.3, -0.25) is 0 Å². The highest BCUT2D eigenvalue weighted by molar-refractivity contribution is 5.78. The molecule has 0 saturated carbocycles. The third-order valence-electron chi connectivity index (χ3n) is 2.32. The van der Waals surface area contributed by atoms with Crippen molar-refractivity contribution in [3.05, 3.63) is 0 Å². The Labute approximate surface area is 68.9 Å². The van der Waals surface area contributed by atoms with Gasteiger partial charge in [-0.1, -0.05) is 0 Å². The summed E-state index contributed by atoms with van der Waals surface area (Å²) in [7, 11) is 0. The molecule has 5 nitrogen and oxygen atoms in total. The van der Waals surface area contributed by atoms with Crippen LogP contribution in [0.25, 0.3) is 0 Å². The Kier molecular flexibility index (Phi) is 1.61. The van der Waals surface area contributed by atoms with Gasteiger partial charge in [0.15, 0.2) is 12.2 Å². The summed E-state index contributed by atoms with van der Waals surface area (Å²) in [5.74, 6) is -0.712. The summed E-state index contributed by atoms with van der Waals surface area (Å²) >= 11 is 0. The molecule has 12 heavy (non-hydrogen) atoms. The van der Waals surface area contributed by atoms with E-state index in [1.54, 1.807) is 6.92 Å². The number of ether oxygens (including phenoxy) is 2. The van der Waals surface area contributed by atoms with Crippen LogP contribution in [-0.4, -0.2) is 46.7 Å². The molecule has 0 bridgehead atoms. The van der Waals surface area contributed by atoms with Crippen molar-refractivity contribution in [3.63, 3.8) is 0 Å². The molecule has 68 valence electrons. The second-order valence-electron chi connectivity index (χ2n) is 3.14. The molecule has 0 radical (unpaired) electrons. The molecule has 2 heterocycles. The Bertz CT molecular complexity index is 216. The van der Waals surface area contributed by atoms with Crippen LogP contribution in [0.4, 0.5) is 0 Å². The van der Waals surface area contributed by atoms with Crippen LogP contribution in [0.2, 0.25) is 0 Å². The lowest BCUT2D eigenvalue weighted by Gasteiger charge is -2.11. The molecule has 5 heteroatoms. The van der Waals surface area contributed by atoms with Crippen molar-refractivity contribution in [2.24, 2.45) is 0 Å². The first-order valence-corrected chi connectivity index (χ1v) is 3.83. The lowest BCUT2D eigenvalue weighted by Crippen LogP contribution is -2.31. The van der Waals surface area contributed by atoms with Crippen LogP contribution in [0, 0.1) is 0 Å². The number of carbonyl (C=O) groups excluding carboxylic acids is 1. The van der Waals surface area contributed by atoms with Crippen LogP contribution in [0.5, 0.6) is 0 Å². The van der Waals surface area contributed by atoms with Crippen LogP contribution in [0.1, 0.15) is 6.92 Å². The minimum atomic E-state index is -1.24. The Morgan fingerprint density at radius 1 is 1.33 bits per heavy atom. The Morgan fingerprint density at radius 3 is 2.58 bits per heavy atom. The Morgan fingerprint density at radius 2 is 2.00 bits per heavy atom. The van der Waals surface area contributed by atoms with E-state index in [4.69, 9.17) is 9.47 Å². The van der Waals surface area contributed by atoms with Gasteiger partial charge in [0.2, 0.25) is 0 Å². The molecule has 0 amide bonds. The first kappa shape index (κ1) is 7.97. The number of rotatable bonds is 0. The zero-order chi connectivity index (χ0) is 8.88. The Hall–Kier alpha value is -0.650. The van der Waals surface area contributed by atoms with Crippen LogP contribution >= 0.6 is 0 Å².